The van der Waals surface area contributed by atoms with Gasteiger partial charge in [0, 0.05) is 12.2 Å². The minimum absolute atomic E-state index is 0.0101. The standard InChI is InChI=1S/C11H14ClN3O3/c1-3-7(4-2)14-11(16)8-5-6-13-10(12)9(8)15(17)18/h5-7H,3-4H2,1-2H3,(H,14,16). The molecule has 0 aliphatic rings. The van der Waals surface area contributed by atoms with Crippen molar-refractivity contribution >= 4 is 23.2 Å². The highest BCUT2D eigenvalue weighted by Crippen LogP contribution is 2.25. The van der Waals surface area contributed by atoms with Gasteiger partial charge in [-0.1, -0.05) is 25.4 Å². The number of hydrogen-bond donors (Lipinski definition) is 1. The second-order valence-electron chi connectivity index (χ2n) is 3.74. The highest BCUT2D eigenvalue weighted by Gasteiger charge is 2.25. The molecule has 0 fully saturated rings. The Balaban J connectivity index is 3.06. The van der Waals surface area contributed by atoms with Crippen LogP contribution in [0, 0.1) is 10.1 Å². The zero-order valence-electron chi connectivity index (χ0n) is 10.1. The zero-order valence-corrected chi connectivity index (χ0v) is 10.9. The van der Waals surface area contributed by atoms with Gasteiger partial charge in [-0.15, -0.1) is 0 Å². The topological polar surface area (TPSA) is 85.1 Å². The first-order valence-corrected chi connectivity index (χ1v) is 5.98. The van der Waals surface area contributed by atoms with E-state index in [4.69, 9.17) is 11.6 Å². The first-order chi connectivity index (χ1) is 8.51. The van der Waals surface area contributed by atoms with Gasteiger partial charge in [0.15, 0.2) is 0 Å². The number of amides is 1. The number of rotatable bonds is 5. The molecule has 0 saturated heterocycles. The van der Waals surface area contributed by atoms with Gasteiger partial charge in [0.2, 0.25) is 5.15 Å². The fraction of sp³-hybridized carbons (Fsp3) is 0.455. The molecule has 0 aliphatic heterocycles. The first-order valence-electron chi connectivity index (χ1n) is 5.61. The summed E-state index contributed by atoms with van der Waals surface area (Å²) in [5.74, 6) is -0.500. The molecule has 7 heteroatoms. The summed E-state index contributed by atoms with van der Waals surface area (Å²) in [5, 5.41) is 13.3. The lowest BCUT2D eigenvalue weighted by molar-refractivity contribution is -0.385. The second kappa shape index (κ2) is 6.30. The van der Waals surface area contributed by atoms with E-state index in [1.807, 2.05) is 13.8 Å². The average molecular weight is 272 g/mol. The molecular formula is C11H14ClN3O3. The van der Waals surface area contributed by atoms with E-state index in [2.05, 4.69) is 10.3 Å². The van der Waals surface area contributed by atoms with Crippen molar-refractivity contribution in [1.82, 2.24) is 10.3 Å². The summed E-state index contributed by atoms with van der Waals surface area (Å²) in [6.07, 6.45) is 2.79. The Morgan fingerprint density at radius 3 is 2.67 bits per heavy atom. The molecule has 1 heterocycles. The van der Waals surface area contributed by atoms with Crippen molar-refractivity contribution in [3.05, 3.63) is 33.1 Å². The molecule has 0 unspecified atom stereocenters. The molecule has 6 nitrogen and oxygen atoms in total. The number of nitrogens with one attached hydrogen (secondary N) is 1. The van der Waals surface area contributed by atoms with E-state index in [1.165, 1.54) is 12.3 Å². The van der Waals surface area contributed by atoms with E-state index in [1.54, 1.807) is 0 Å². The van der Waals surface area contributed by atoms with Crippen LogP contribution in [-0.4, -0.2) is 21.9 Å². The fourth-order valence-electron chi connectivity index (χ4n) is 1.54. The number of halogens is 1. The highest BCUT2D eigenvalue weighted by atomic mass is 35.5. The molecule has 0 atom stereocenters. The van der Waals surface area contributed by atoms with Gasteiger partial charge in [-0.25, -0.2) is 4.98 Å². The van der Waals surface area contributed by atoms with Gasteiger partial charge in [-0.2, -0.15) is 0 Å². The number of nitro groups is 1. The molecule has 1 amide bonds. The van der Waals surface area contributed by atoms with E-state index in [-0.39, 0.29) is 16.8 Å². The van der Waals surface area contributed by atoms with Gasteiger partial charge in [0.1, 0.15) is 5.56 Å². The van der Waals surface area contributed by atoms with Gasteiger partial charge in [-0.3, -0.25) is 14.9 Å². The van der Waals surface area contributed by atoms with Crippen LogP contribution in [0.4, 0.5) is 5.69 Å². The lowest BCUT2D eigenvalue weighted by Crippen LogP contribution is -2.34. The van der Waals surface area contributed by atoms with Crippen LogP contribution >= 0.6 is 11.6 Å². The van der Waals surface area contributed by atoms with Gasteiger partial charge in [0.05, 0.1) is 4.92 Å². The summed E-state index contributed by atoms with van der Waals surface area (Å²) >= 11 is 5.64. The number of hydrogen-bond acceptors (Lipinski definition) is 4. The summed E-state index contributed by atoms with van der Waals surface area (Å²) in [7, 11) is 0. The summed E-state index contributed by atoms with van der Waals surface area (Å²) < 4.78 is 0. The van der Waals surface area contributed by atoms with Gasteiger partial charge in [0.25, 0.3) is 5.91 Å². The van der Waals surface area contributed by atoms with E-state index >= 15 is 0 Å². The van der Waals surface area contributed by atoms with Gasteiger partial charge >= 0.3 is 5.69 Å². The van der Waals surface area contributed by atoms with E-state index in [9.17, 15) is 14.9 Å². The lowest BCUT2D eigenvalue weighted by Gasteiger charge is -2.14. The molecule has 0 radical (unpaired) electrons. The number of carbonyl (C=O) groups excluding carboxylic acids is 1. The molecule has 1 rings (SSSR count). The number of pyridine rings is 1. The van der Waals surface area contributed by atoms with Gasteiger partial charge < -0.3 is 5.32 Å². The summed E-state index contributed by atoms with van der Waals surface area (Å²) in [6, 6.07) is 1.28. The molecule has 98 valence electrons. The third kappa shape index (κ3) is 3.16. The van der Waals surface area contributed by atoms with Crippen LogP contribution in [0.3, 0.4) is 0 Å². The highest BCUT2D eigenvalue weighted by molar-refractivity contribution is 6.32. The Labute approximate surface area is 110 Å². The van der Waals surface area contributed by atoms with Crippen LogP contribution in [0.15, 0.2) is 12.3 Å². The van der Waals surface area contributed by atoms with E-state index in [0.717, 1.165) is 12.8 Å². The Kier molecular flexibility index (Phi) is 5.03. The van der Waals surface area contributed by atoms with Crippen molar-refractivity contribution in [1.29, 1.82) is 0 Å². The quantitative estimate of drug-likeness (QED) is 0.507. The molecule has 0 aliphatic carbocycles. The Morgan fingerprint density at radius 1 is 1.56 bits per heavy atom. The Bertz CT molecular complexity index is 461. The molecule has 1 aromatic heterocycles. The minimum atomic E-state index is -0.697. The van der Waals surface area contributed by atoms with Crippen molar-refractivity contribution in [2.45, 2.75) is 32.7 Å². The van der Waals surface area contributed by atoms with Crippen molar-refractivity contribution in [2.24, 2.45) is 0 Å². The number of nitrogens with zero attached hydrogens (tertiary/aromatic N) is 2. The predicted molar refractivity (Wildman–Crippen MR) is 67.7 cm³/mol. The summed E-state index contributed by atoms with van der Waals surface area (Å²) in [5.41, 5.74) is -0.519. The van der Waals surface area contributed by atoms with Crippen molar-refractivity contribution in [3.8, 4) is 0 Å². The molecule has 0 spiro atoms. The first kappa shape index (κ1) is 14.4. The zero-order chi connectivity index (χ0) is 13.7. The van der Waals surface area contributed by atoms with Crippen molar-refractivity contribution in [3.63, 3.8) is 0 Å². The van der Waals surface area contributed by atoms with Crippen LogP contribution in [0.25, 0.3) is 0 Å². The third-order valence-electron chi connectivity index (χ3n) is 2.63. The fourth-order valence-corrected chi connectivity index (χ4v) is 1.77. The second-order valence-corrected chi connectivity index (χ2v) is 4.10. The van der Waals surface area contributed by atoms with Crippen LogP contribution in [0.5, 0.6) is 0 Å². The normalized spacial score (nSPS) is 10.4. The minimum Gasteiger partial charge on any atom is -0.349 e. The summed E-state index contributed by atoms with van der Waals surface area (Å²) in [4.78, 5) is 25.7. The van der Waals surface area contributed by atoms with Crippen LogP contribution in [0.1, 0.15) is 37.0 Å². The maximum Gasteiger partial charge on any atom is 0.319 e. The summed E-state index contributed by atoms with van der Waals surface area (Å²) in [6.45, 7) is 3.87. The SMILES string of the molecule is CCC(CC)NC(=O)c1ccnc(Cl)c1[N+](=O)[O-]. The van der Waals surface area contributed by atoms with E-state index in [0.29, 0.717) is 0 Å². The number of carbonyl (C=O) groups is 1. The van der Waals surface area contributed by atoms with Crippen LogP contribution < -0.4 is 5.32 Å². The molecule has 18 heavy (non-hydrogen) atoms. The third-order valence-corrected chi connectivity index (χ3v) is 2.90. The molecule has 0 saturated carbocycles. The lowest BCUT2D eigenvalue weighted by atomic mass is 10.1. The Morgan fingerprint density at radius 2 is 2.17 bits per heavy atom. The van der Waals surface area contributed by atoms with Crippen LogP contribution in [-0.2, 0) is 0 Å². The van der Waals surface area contributed by atoms with Crippen LogP contribution in [0.2, 0.25) is 5.15 Å². The van der Waals surface area contributed by atoms with Crippen molar-refractivity contribution < 1.29 is 9.72 Å². The Hall–Kier alpha value is -1.69. The molecule has 0 aromatic carbocycles. The van der Waals surface area contributed by atoms with E-state index < -0.39 is 16.5 Å². The molecular weight excluding hydrogens is 258 g/mol. The predicted octanol–water partition coefficient (Wildman–Crippen LogP) is 2.56. The maximum atomic E-state index is 11.9. The molecule has 1 N–H and O–H groups in total. The maximum absolute atomic E-state index is 11.9. The van der Waals surface area contributed by atoms with Crippen molar-refractivity contribution in [2.75, 3.05) is 0 Å². The smallest absolute Gasteiger partial charge is 0.319 e. The van der Waals surface area contributed by atoms with Gasteiger partial charge in [-0.05, 0) is 18.9 Å². The monoisotopic (exact) mass is 271 g/mol. The number of aromatic nitrogens is 1. The average Bonchev–Trinajstić information content (AvgIpc) is 2.34. The molecule has 0 bridgehead atoms. The molecule has 1 aromatic rings. The largest absolute Gasteiger partial charge is 0.349 e.